The third-order valence-electron chi connectivity index (χ3n) is 3.13. The molecule has 1 aromatic rings. The van der Waals surface area contributed by atoms with Crippen molar-refractivity contribution in [3.63, 3.8) is 0 Å². The molecule has 6 heteroatoms. The summed E-state index contributed by atoms with van der Waals surface area (Å²) >= 11 is 6.66. The molecule has 0 bridgehead atoms. The third kappa shape index (κ3) is 2.98. The van der Waals surface area contributed by atoms with Crippen LogP contribution >= 0.6 is 31.9 Å². The molecule has 1 fully saturated rings. The summed E-state index contributed by atoms with van der Waals surface area (Å²) in [5, 5.41) is 0. The zero-order valence-electron chi connectivity index (χ0n) is 10.1. The maximum atomic E-state index is 12.5. The number of hydrogen-bond donors (Lipinski definition) is 0. The average Bonchev–Trinajstić information content (AvgIpc) is 2.28. The molecule has 18 heavy (non-hydrogen) atoms. The molecule has 0 spiro atoms. The van der Waals surface area contributed by atoms with Crippen molar-refractivity contribution in [3.05, 3.63) is 27.1 Å². The Bertz CT molecular complexity index is 545. The number of nitrogens with zero attached hydrogens (tertiary/aromatic N) is 1. The van der Waals surface area contributed by atoms with Crippen molar-refractivity contribution in [2.24, 2.45) is 5.92 Å². The smallest absolute Gasteiger partial charge is 0.207 e. The molecule has 1 heterocycles. The van der Waals surface area contributed by atoms with E-state index in [4.69, 9.17) is 0 Å². The largest absolute Gasteiger partial charge is 0.244 e. The van der Waals surface area contributed by atoms with Crippen molar-refractivity contribution in [1.29, 1.82) is 0 Å². The second kappa shape index (κ2) is 5.61. The van der Waals surface area contributed by atoms with Crippen molar-refractivity contribution in [2.75, 3.05) is 13.1 Å². The number of hydrogen-bond acceptors (Lipinski definition) is 2. The zero-order valence-corrected chi connectivity index (χ0v) is 14.1. The van der Waals surface area contributed by atoms with Crippen molar-refractivity contribution in [2.45, 2.75) is 24.7 Å². The van der Waals surface area contributed by atoms with Crippen LogP contribution in [0.4, 0.5) is 0 Å². The molecule has 0 saturated carbocycles. The summed E-state index contributed by atoms with van der Waals surface area (Å²) < 4.78 is 28.2. The van der Waals surface area contributed by atoms with Gasteiger partial charge in [-0.05, 0) is 52.9 Å². The Morgan fingerprint density at radius 2 is 2.06 bits per heavy atom. The molecule has 1 saturated heterocycles. The van der Waals surface area contributed by atoms with E-state index in [-0.39, 0.29) is 0 Å². The quantitative estimate of drug-likeness (QED) is 0.765. The molecular formula is C12H15Br2NO2S. The fourth-order valence-corrected chi connectivity index (χ4v) is 5.49. The van der Waals surface area contributed by atoms with Crippen LogP contribution in [0.25, 0.3) is 0 Å². The highest BCUT2D eigenvalue weighted by Crippen LogP contribution is 2.30. The van der Waals surface area contributed by atoms with Crippen LogP contribution < -0.4 is 0 Å². The summed E-state index contributed by atoms with van der Waals surface area (Å²) in [4.78, 5) is 0.347. The summed E-state index contributed by atoms with van der Waals surface area (Å²) in [5.41, 5.74) is 0. The van der Waals surface area contributed by atoms with Crippen molar-refractivity contribution < 1.29 is 8.42 Å². The molecule has 0 amide bonds. The maximum Gasteiger partial charge on any atom is 0.244 e. The summed E-state index contributed by atoms with van der Waals surface area (Å²) in [5.74, 6) is 0.433. The monoisotopic (exact) mass is 395 g/mol. The van der Waals surface area contributed by atoms with Crippen LogP contribution in [0.3, 0.4) is 0 Å². The van der Waals surface area contributed by atoms with Gasteiger partial charge in [0, 0.05) is 22.0 Å². The number of sulfonamides is 1. The van der Waals surface area contributed by atoms with Gasteiger partial charge in [-0.1, -0.05) is 22.9 Å². The lowest BCUT2D eigenvalue weighted by molar-refractivity contribution is 0.281. The predicted molar refractivity (Wildman–Crippen MR) is 79.0 cm³/mol. The Balaban J connectivity index is 2.35. The normalized spacial score (nSPS) is 22.1. The predicted octanol–water partition coefficient (Wildman–Crippen LogP) is 3.63. The minimum Gasteiger partial charge on any atom is -0.207 e. The van der Waals surface area contributed by atoms with Gasteiger partial charge in [0.05, 0.1) is 4.90 Å². The Kier molecular flexibility index (Phi) is 4.52. The van der Waals surface area contributed by atoms with E-state index < -0.39 is 10.0 Å². The van der Waals surface area contributed by atoms with E-state index in [0.29, 0.717) is 28.4 Å². The van der Waals surface area contributed by atoms with E-state index in [1.54, 1.807) is 22.5 Å². The molecule has 0 aliphatic carbocycles. The van der Waals surface area contributed by atoms with Gasteiger partial charge in [-0.15, -0.1) is 0 Å². The number of rotatable bonds is 2. The molecular weight excluding hydrogens is 382 g/mol. The molecule has 1 unspecified atom stereocenters. The Hall–Kier alpha value is 0.0900. The Labute approximate surface area is 125 Å². The van der Waals surface area contributed by atoms with Gasteiger partial charge in [0.25, 0.3) is 0 Å². The van der Waals surface area contributed by atoms with Crippen LogP contribution in [0.5, 0.6) is 0 Å². The Morgan fingerprint density at radius 3 is 2.67 bits per heavy atom. The first-order valence-corrected chi connectivity index (χ1v) is 8.89. The topological polar surface area (TPSA) is 37.4 Å². The number of benzene rings is 1. The SMILES string of the molecule is CC1CCCN(S(=O)(=O)c2ccc(Br)cc2Br)C1. The van der Waals surface area contributed by atoms with Gasteiger partial charge >= 0.3 is 0 Å². The van der Waals surface area contributed by atoms with E-state index in [1.807, 2.05) is 0 Å². The van der Waals surface area contributed by atoms with Crippen LogP contribution in [0, 0.1) is 5.92 Å². The first-order chi connectivity index (χ1) is 8.41. The van der Waals surface area contributed by atoms with Crippen LogP contribution in [0.15, 0.2) is 32.0 Å². The molecule has 2 rings (SSSR count). The molecule has 1 aliphatic heterocycles. The van der Waals surface area contributed by atoms with Crippen molar-refractivity contribution >= 4 is 41.9 Å². The lowest BCUT2D eigenvalue weighted by Gasteiger charge is -2.30. The van der Waals surface area contributed by atoms with E-state index in [9.17, 15) is 8.42 Å². The van der Waals surface area contributed by atoms with Gasteiger partial charge in [0.15, 0.2) is 0 Å². The van der Waals surface area contributed by atoms with Gasteiger partial charge in [0.1, 0.15) is 0 Å². The molecule has 100 valence electrons. The van der Waals surface area contributed by atoms with Crippen LogP contribution in [0.2, 0.25) is 0 Å². The van der Waals surface area contributed by atoms with Gasteiger partial charge < -0.3 is 0 Å². The highest BCUT2D eigenvalue weighted by atomic mass is 79.9. The highest BCUT2D eigenvalue weighted by Gasteiger charge is 2.29. The average molecular weight is 397 g/mol. The maximum absolute atomic E-state index is 12.5. The highest BCUT2D eigenvalue weighted by molar-refractivity contribution is 9.11. The molecule has 1 aliphatic rings. The molecule has 3 nitrogen and oxygen atoms in total. The fourth-order valence-electron chi connectivity index (χ4n) is 2.19. The van der Waals surface area contributed by atoms with E-state index in [2.05, 4.69) is 38.8 Å². The first kappa shape index (κ1) is 14.5. The molecule has 0 aromatic heterocycles. The second-order valence-corrected chi connectivity index (χ2v) is 8.36. The molecule has 1 aromatic carbocycles. The minimum absolute atomic E-state index is 0.347. The second-order valence-electron chi connectivity index (χ2n) is 4.69. The zero-order chi connectivity index (χ0) is 13.3. The van der Waals surface area contributed by atoms with Gasteiger partial charge in [-0.25, -0.2) is 8.42 Å². The lowest BCUT2D eigenvalue weighted by Crippen LogP contribution is -2.39. The van der Waals surface area contributed by atoms with E-state index in [0.717, 1.165) is 17.3 Å². The third-order valence-corrected chi connectivity index (χ3v) is 6.47. The van der Waals surface area contributed by atoms with Crippen LogP contribution in [-0.4, -0.2) is 25.8 Å². The first-order valence-electron chi connectivity index (χ1n) is 5.86. The minimum atomic E-state index is -3.38. The fraction of sp³-hybridized carbons (Fsp3) is 0.500. The van der Waals surface area contributed by atoms with Crippen molar-refractivity contribution in [3.8, 4) is 0 Å². The van der Waals surface area contributed by atoms with Crippen molar-refractivity contribution in [1.82, 2.24) is 4.31 Å². The Morgan fingerprint density at radius 1 is 1.33 bits per heavy atom. The summed E-state index contributed by atoms with van der Waals surface area (Å²) in [7, 11) is -3.38. The van der Waals surface area contributed by atoms with Crippen LogP contribution in [0.1, 0.15) is 19.8 Å². The standard InChI is InChI=1S/C12H15Br2NO2S/c1-9-3-2-6-15(8-9)18(16,17)12-5-4-10(13)7-11(12)14/h4-5,7,9H,2-3,6,8H2,1H3. The summed E-state index contributed by atoms with van der Waals surface area (Å²) in [6.07, 6.45) is 2.04. The van der Waals surface area contributed by atoms with Gasteiger partial charge in [-0.2, -0.15) is 4.31 Å². The summed E-state index contributed by atoms with van der Waals surface area (Å²) in [6, 6.07) is 5.16. The van der Waals surface area contributed by atoms with E-state index >= 15 is 0 Å². The van der Waals surface area contributed by atoms with E-state index in [1.165, 1.54) is 0 Å². The van der Waals surface area contributed by atoms with Gasteiger partial charge in [-0.3, -0.25) is 0 Å². The number of piperidine rings is 1. The number of halogens is 2. The molecule has 0 N–H and O–H groups in total. The van der Waals surface area contributed by atoms with Gasteiger partial charge in [0.2, 0.25) is 10.0 Å². The molecule has 1 atom stereocenters. The lowest BCUT2D eigenvalue weighted by atomic mass is 10.0. The summed E-state index contributed by atoms with van der Waals surface area (Å²) in [6.45, 7) is 3.33. The van der Waals surface area contributed by atoms with Crippen LogP contribution in [-0.2, 0) is 10.0 Å². The molecule has 0 radical (unpaired) electrons.